The highest BCUT2D eigenvalue weighted by Crippen LogP contribution is 2.41. The zero-order valence-corrected chi connectivity index (χ0v) is 14.3. The molecule has 1 aromatic rings. The van der Waals surface area contributed by atoms with Crippen LogP contribution in [0.1, 0.15) is 37.8 Å². The van der Waals surface area contributed by atoms with Crippen LogP contribution in [0.3, 0.4) is 0 Å². The highest BCUT2D eigenvalue weighted by Gasteiger charge is 2.40. The van der Waals surface area contributed by atoms with E-state index in [1.165, 1.54) is 19.3 Å². The van der Waals surface area contributed by atoms with E-state index in [0.29, 0.717) is 24.4 Å². The third kappa shape index (κ3) is 4.31. The van der Waals surface area contributed by atoms with Crippen molar-refractivity contribution in [2.24, 2.45) is 23.5 Å². The van der Waals surface area contributed by atoms with Gasteiger partial charge in [0, 0.05) is 17.3 Å². The number of nitrogens with zero attached hydrogens (tertiary/aromatic N) is 1. The summed E-state index contributed by atoms with van der Waals surface area (Å²) in [7, 11) is 0. The lowest BCUT2D eigenvalue weighted by molar-refractivity contribution is -0.128. The van der Waals surface area contributed by atoms with Gasteiger partial charge in [-0.2, -0.15) is 0 Å². The van der Waals surface area contributed by atoms with Gasteiger partial charge >= 0.3 is 0 Å². The van der Waals surface area contributed by atoms with Crippen molar-refractivity contribution in [3.63, 3.8) is 0 Å². The molecule has 3 N–H and O–H groups in total. The molecule has 7 heteroatoms. The Morgan fingerprint density at radius 2 is 2.00 bits per heavy atom. The van der Waals surface area contributed by atoms with Gasteiger partial charge in [0.1, 0.15) is 0 Å². The van der Waals surface area contributed by atoms with Gasteiger partial charge < -0.3 is 11.1 Å². The fourth-order valence-electron chi connectivity index (χ4n) is 3.65. The predicted molar refractivity (Wildman–Crippen MR) is 90.0 cm³/mol. The third-order valence-electron chi connectivity index (χ3n) is 4.71. The van der Waals surface area contributed by atoms with Gasteiger partial charge in [-0.05, 0) is 37.5 Å². The highest BCUT2D eigenvalue weighted by molar-refractivity contribution is 7.07. The maximum atomic E-state index is 12.3. The van der Waals surface area contributed by atoms with Crippen LogP contribution >= 0.6 is 36.2 Å². The molecule has 2 unspecified atom stereocenters. The lowest BCUT2D eigenvalue weighted by Gasteiger charge is -2.43. The molecule has 2 saturated carbocycles. The molecule has 0 saturated heterocycles. The summed E-state index contributed by atoms with van der Waals surface area (Å²) >= 11 is 1.56. The molecule has 2 atom stereocenters. The molecule has 3 rings (SSSR count). The largest absolute Gasteiger partial charge is 0.350 e. The van der Waals surface area contributed by atoms with Gasteiger partial charge in [0.2, 0.25) is 5.91 Å². The standard InChI is InChI=1S/C14H21N3OS.2ClH/c15-13-9-2-1-3-10(13)5-11(4-9)14(18)16-6-12-7-19-8-17-12;;/h7-11,13H,1-6,15H2,(H,16,18);2*1H. The summed E-state index contributed by atoms with van der Waals surface area (Å²) in [5, 5.41) is 5.00. The van der Waals surface area contributed by atoms with Crippen LogP contribution in [0.4, 0.5) is 0 Å². The highest BCUT2D eigenvalue weighted by atomic mass is 35.5. The van der Waals surface area contributed by atoms with E-state index in [0.717, 1.165) is 18.5 Å². The summed E-state index contributed by atoms with van der Waals surface area (Å²) in [4.78, 5) is 16.4. The van der Waals surface area contributed by atoms with Crippen LogP contribution in [-0.4, -0.2) is 16.9 Å². The second-order valence-corrected chi connectivity index (χ2v) is 6.61. The number of rotatable bonds is 3. The Hall–Kier alpha value is -0.360. The van der Waals surface area contributed by atoms with Gasteiger partial charge in [-0.25, -0.2) is 4.98 Å². The molecule has 2 aliphatic rings. The van der Waals surface area contributed by atoms with E-state index in [4.69, 9.17) is 5.73 Å². The smallest absolute Gasteiger partial charge is 0.223 e. The number of amides is 1. The number of aromatic nitrogens is 1. The first-order chi connectivity index (χ1) is 9.24. The second-order valence-electron chi connectivity index (χ2n) is 5.89. The molecule has 1 heterocycles. The fourth-order valence-corrected chi connectivity index (χ4v) is 4.21. The van der Waals surface area contributed by atoms with Crippen LogP contribution in [0.2, 0.25) is 0 Å². The lowest BCUT2D eigenvalue weighted by atomic mass is 9.65. The topological polar surface area (TPSA) is 68.0 Å². The van der Waals surface area contributed by atoms with Gasteiger partial charge in [-0.1, -0.05) is 6.42 Å². The van der Waals surface area contributed by atoms with Crippen LogP contribution in [0.25, 0.3) is 0 Å². The van der Waals surface area contributed by atoms with Crippen molar-refractivity contribution in [1.29, 1.82) is 0 Å². The van der Waals surface area contributed by atoms with E-state index in [1.807, 2.05) is 5.38 Å². The summed E-state index contributed by atoms with van der Waals surface area (Å²) in [6.07, 6.45) is 5.64. The van der Waals surface area contributed by atoms with Crippen LogP contribution in [0.5, 0.6) is 0 Å². The van der Waals surface area contributed by atoms with Crippen molar-refractivity contribution in [2.45, 2.75) is 44.7 Å². The summed E-state index contributed by atoms with van der Waals surface area (Å²) in [5.74, 6) is 1.47. The zero-order valence-electron chi connectivity index (χ0n) is 11.9. The average Bonchev–Trinajstić information content (AvgIpc) is 2.88. The molecule has 0 aromatic carbocycles. The molecule has 1 amide bonds. The number of nitrogens with one attached hydrogen (secondary N) is 1. The number of hydrogen-bond donors (Lipinski definition) is 2. The molecule has 120 valence electrons. The second kappa shape index (κ2) is 8.32. The number of fused-ring (bicyclic) bond motifs is 2. The molecule has 21 heavy (non-hydrogen) atoms. The van der Waals surface area contributed by atoms with E-state index in [1.54, 1.807) is 16.8 Å². The van der Waals surface area contributed by atoms with E-state index >= 15 is 0 Å². The molecular formula is C14H23Cl2N3OS. The lowest BCUT2D eigenvalue weighted by Crippen LogP contribution is -2.49. The van der Waals surface area contributed by atoms with E-state index in [2.05, 4.69) is 10.3 Å². The summed E-state index contributed by atoms with van der Waals surface area (Å²) < 4.78 is 0. The van der Waals surface area contributed by atoms with Crippen LogP contribution in [-0.2, 0) is 11.3 Å². The Balaban J connectivity index is 0.00000110. The quantitative estimate of drug-likeness (QED) is 0.879. The van der Waals surface area contributed by atoms with Gasteiger partial charge in [0.25, 0.3) is 0 Å². The van der Waals surface area contributed by atoms with Crippen molar-refractivity contribution in [1.82, 2.24) is 10.3 Å². The molecule has 2 fully saturated rings. The molecule has 2 bridgehead atoms. The van der Waals surface area contributed by atoms with Crippen molar-refractivity contribution in [2.75, 3.05) is 0 Å². The first kappa shape index (κ1) is 18.7. The number of thiazole rings is 1. The van der Waals surface area contributed by atoms with Gasteiger partial charge in [-0.15, -0.1) is 36.2 Å². The SMILES string of the molecule is Cl.Cl.NC1C2CCCC1CC(C(=O)NCc1cscn1)C2. The molecule has 0 aliphatic heterocycles. The van der Waals surface area contributed by atoms with Crippen LogP contribution < -0.4 is 11.1 Å². The molecule has 4 nitrogen and oxygen atoms in total. The summed E-state index contributed by atoms with van der Waals surface area (Å²) in [6.45, 7) is 0.556. The Morgan fingerprint density at radius 3 is 2.57 bits per heavy atom. The van der Waals surface area contributed by atoms with Crippen LogP contribution in [0, 0.1) is 17.8 Å². The van der Waals surface area contributed by atoms with Gasteiger partial charge in [-0.3, -0.25) is 4.79 Å². The summed E-state index contributed by atoms with van der Waals surface area (Å²) in [5.41, 5.74) is 9.00. The van der Waals surface area contributed by atoms with Crippen molar-refractivity contribution >= 4 is 42.1 Å². The maximum Gasteiger partial charge on any atom is 0.223 e. The molecule has 1 aromatic heterocycles. The van der Waals surface area contributed by atoms with Crippen LogP contribution in [0.15, 0.2) is 10.9 Å². The molecule has 2 aliphatic carbocycles. The molecular weight excluding hydrogens is 329 g/mol. The Labute approximate surface area is 142 Å². The van der Waals surface area contributed by atoms with E-state index in [-0.39, 0.29) is 36.6 Å². The number of nitrogens with two attached hydrogens (primary N) is 1. The monoisotopic (exact) mass is 351 g/mol. The Bertz CT molecular complexity index is 429. The fraction of sp³-hybridized carbons (Fsp3) is 0.714. The minimum Gasteiger partial charge on any atom is -0.350 e. The van der Waals surface area contributed by atoms with Gasteiger partial charge in [0.05, 0.1) is 17.7 Å². The Morgan fingerprint density at radius 1 is 1.33 bits per heavy atom. The normalized spacial score (nSPS) is 30.7. The third-order valence-corrected chi connectivity index (χ3v) is 5.35. The average molecular weight is 352 g/mol. The minimum atomic E-state index is 0. The number of carbonyl (C=O) groups excluding carboxylic acids is 1. The number of hydrogen-bond acceptors (Lipinski definition) is 4. The van der Waals surface area contributed by atoms with Crippen molar-refractivity contribution in [3.05, 3.63) is 16.6 Å². The Kier molecular flexibility index (Phi) is 7.40. The predicted octanol–water partition coefficient (Wildman–Crippen LogP) is 2.76. The minimum absolute atomic E-state index is 0. The number of halogens is 2. The molecule has 0 radical (unpaired) electrons. The van der Waals surface area contributed by atoms with E-state index in [9.17, 15) is 4.79 Å². The first-order valence-corrected chi connectivity index (χ1v) is 8.08. The van der Waals surface area contributed by atoms with Gasteiger partial charge in [0.15, 0.2) is 0 Å². The molecule has 0 spiro atoms. The van der Waals surface area contributed by atoms with E-state index < -0.39 is 0 Å². The van der Waals surface area contributed by atoms with Crippen molar-refractivity contribution in [3.8, 4) is 0 Å². The zero-order chi connectivity index (χ0) is 13.2. The van der Waals surface area contributed by atoms with Crippen molar-refractivity contribution < 1.29 is 4.79 Å². The summed E-state index contributed by atoms with van der Waals surface area (Å²) in [6, 6.07) is 0.330. The first-order valence-electron chi connectivity index (χ1n) is 7.14. The maximum absolute atomic E-state index is 12.3. The number of carbonyl (C=O) groups is 1.